The molecule has 2 amide bonds. The van der Waals surface area contributed by atoms with E-state index in [1.54, 1.807) is 29.0 Å². The van der Waals surface area contributed by atoms with Crippen LogP contribution in [0.15, 0.2) is 35.1 Å². The van der Waals surface area contributed by atoms with E-state index in [0.29, 0.717) is 17.8 Å². The van der Waals surface area contributed by atoms with Gasteiger partial charge in [-0.25, -0.2) is 4.98 Å². The van der Waals surface area contributed by atoms with Crippen LogP contribution in [-0.4, -0.2) is 49.6 Å². The first-order valence-corrected chi connectivity index (χ1v) is 9.78. The van der Waals surface area contributed by atoms with E-state index < -0.39 is 0 Å². The Morgan fingerprint density at radius 3 is 2.93 bits per heavy atom. The number of nitrogens with zero attached hydrogens (tertiary/aromatic N) is 5. The molecule has 0 radical (unpaired) electrons. The van der Waals surface area contributed by atoms with Crippen molar-refractivity contribution in [3.05, 3.63) is 46.2 Å². The van der Waals surface area contributed by atoms with Crippen molar-refractivity contribution in [1.29, 1.82) is 0 Å². The molecule has 0 saturated heterocycles. The van der Waals surface area contributed by atoms with Crippen molar-refractivity contribution in [2.45, 2.75) is 18.3 Å². The number of nitrogens with one attached hydrogen (secondary N) is 1. The molecule has 5 rings (SSSR count). The predicted molar refractivity (Wildman–Crippen MR) is 106 cm³/mol. The summed E-state index contributed by atoms with van der Waals surface area (Å²) in [6.45, 7) is 0.535. The molecule has 9 heteroatoms. The van der Waals surface area contributed by atoms with Crippen LogP contribution in [0.2, 0.25) is 0 Å². The van der Waals surface area contributed by atoms with Crippen LogP contribution in [0.1, 0.15) is 28.8 Å². The van der Waals surface area contributed by atoms with E-state index in [2.05, 4.69) is 36.3 Å². The van der Waals surface area contributed by atoms with Crippen molar-refractivity contribution >= 4 is 44.7 Å². The lowest BCUT2D eigenvalue weighted by atomic mass is 9.86. The molecule has 0 bridgehead atoms. The van der Waals surface area contributed by atoms with Gasteiger partial charge in [0.1, 0.15) is 6.54 Å². The van der Waals surface area contributed by atoms with Gasteiger partial charge in [0.05, 0.1) is 11.6 Å². The van der Waals surface area contributed by atoms with Gasteiger partial charge in [-0.2, -0.15) is 10.1 Å². The van der Waals surface area contributed by atoms with Crippen LogP contribution in [-0.2, 0) is 17.3 Å². The summed E-state index contributed by atoms with van der Waals surface area (Å²) < 4.78 is 2.59. The lowest BCUT2D eigenvalue weighted by molar-refractivity contribution is -0.117. The Bertz CT molecular complexity index is 1140. The van der Waals surface area contributed by atoms with E-state index in [1.807, 2.05) is 18.2 Å². The average Bonchev–Trinajstić information content (AvgIpc) is 3.36. The summed E-state index contributed by atoms with van der Waals surface area (Å²) in [4.78, 5) is 35.6. The minimum Gasteiger partial charge on any atom is -0.328 e. The van der Waals surface area contributed by atoms with Gasteiger partial charge in [0, 0.05) is 35.2 Å². The second-order valence-corrected chi connectivity index (χ2v) is 8.34. The number of carbonyl (C=O) groups is 2. The van der Waals surface area contributed by atoms with Crippen molar-refractivity contribution in [3.63, 3.8) is 0 Å². The number of aryl methyl sites for hydroxylation is 1. The van der Waals surface area contributed by atoms with E-state index in [4.69, 9.17) is 0 Å². The fourth-order valence-corrected chi connectivity index (χ4v) is 4.24. The Labute approximate surface area is 169 Å². The van der Waals surface area contributed by atoms with Gasteiger partial charge in [-0.15, -0.1) is 0 Å². The fraction of sp³-hybridized carbons (Fsp3) is 0.316. The maximum absolute atomic E-state index is 12.9. The largest absolute Gasteiger partial charge is 0.328 e. The molecular formula is C19H17BrN6O2. The predicted octanol–water partition coefficient (Wildman–Crippen LogP) is 2.25. The standard InChI is InChI=1S/C19H17BrN6O2/c1-25-16-11(8-22-25)7-21-18(24-16)23-15(27)9-26-10-19(4-5-19)14-6-12(20)2-3-13(14)17(26)28/h2-3,6-8H,4-5,9-10H2,1H3,(H,21,23,24,27). The second kappa shape index (κ2) is 6.10. The van der Waals surface area contributed by atoms with Crippen molar-refractivity contribution in [2.24, 2.45) is 7.05 Å². The Hall–Kier alpha value is -2.81. The number of hydrogen-bond donors (Lipinski definition) is 1. The van der Waals surface area contributed by atoms with Crippen LogP contribution < -0.4 is 5.32 Å². The molecule has 1 saturated carbocycles. The van der Waals surface area contributed by atoms with Gasteiger partial charge in [0.2, 0.25) is 11.9 Å². The Morgan fingerprint density at radius 1 is 1.32 bits per heavy atom. The molecular weight excluding hydrogens is 424 g/mol. The van der Waals surface area contributed by atoms with Crippen LogP contribution in [0, 0.1) is 0 Å². The van der Waals surface area contributed by atoms with E-state index in [-0.39, 0.29) is 29.7 Å². The van der Waals surface area contributed by atoms with Gasteiger partial charge in [-0.1, -0.05) is 15.9 Å². The summed E-state index contributed by atoms with van der Waals surface area (Å²) in [6, 6.07) is 5.74. The molecule has 0 unspecified atom stereocenters. The molecule has 28 heavy (non-hydrogen) atoms. The number of carbonyl (C=O) groups excluding carboxylic acids is 2. The third-order valence-corrected chi connectivity index (χ3v) is 5.97. The zero-order chi connectivity index (χ0) is 19.5. The average molecular weight is 441 g/mol. The smallest absolute Gasteiger partial charge is 0.254 e. The summed E-state index contributed by atoms with van der Waals surface area (Å²) in [5, 5.41) is 7.61. The monoisotopic (exact) mass is 440 g/mol. The Kier molecular flexibility index (Phi) is 3.77. The van der Waals surface area contributed by atoms with Crippen LogP contribution in [0.5, 0.6) is 0 Å². The highest BCUT2D eigenvalue weighted by atomic mass is 79.9. The van der Waals surface area contributed by atoms with Crippen LogP contribution in [0.3, 0.4) is 0 Å². The second-order valence-electron chi connectivity index (χ2n) is 7.42. The molecule has 1 fully saturated rings. The zero-order valence-electron chi connectivity index (χ0n) is 15.1. The Morgan fingerprint density at radius 2 is 2.14 bits per heavy atom. The van der Waals surface area contributed by atoms with Gasteiger partial charge in [0.15, 0.2) is 5.65 Å². The molecule has 1 aliphatic heterocycles. The number of halogens is 1. The minimum atomic E-state index is -0.314. The molecule has 8 nitrogen and oxygen atoms in total. The van der Waals surface area contributed by atoms with Gasteiger partial charge < -0.3 is 4.90 Å². The lowest BCUT2D eigenvalue weighted by Gasteiger charge is -2.34. The lowest BCUT2D eigenvalue weighted by Crippen LogP contribution is -2.46. The van der Waals surface area contributed by atoms with E-state index in [1.165, 1.54) is 0 Å². The minimum absolute atomic E-state index is 0.0164. The molecule has 2 aromatic heterocycles. The zero-order valence-corrected chi connectivity index (χ0v) is 16.7. The van der Waals surface area contributed by atoms with Gasteiger partial charge >= 0.3 is 0 Å². The number of benzene rings is 1. The summed E-state index contributed by atoms with van der Waals surface area (Å²) in [5.41, 5.74) is 2.40. The van der Waals surface area contributed by atoms with Crippen LogP contribution >= 0.6 is 15.9 Å². The van der Waals surface area contributed by atoms with Gasteiger partial charge in [-0.05, 0) is 36.6 Å². The number of fused-ring (bicyclic) bond motifs is 3. The fourth-order valence-electron chi connectivity index (χ4n) is 3.87. The van der Waals surface area contributed by atoms with E-state index in [9.17, 15) is 9.59 Å². The van der Waals surface area contributed by atoms with E-state index >= 15 is 0 Å². The number of hydrogen-bond acceptors (Lipinski definition) is 5. The number of anilines is 1. The molecule has 0 atom stereocenters. The first kappa shape index (κ1) is 17.3. The van der Waals surface area contributed by atoms with Crippen LogP contribution in [0.25, 0.3) is 11.0 Å². The number of aromatic nitrogens is 4. The van der Waals surface area contributed by atoms with Gasteiger partial charge in [-0.3, -0.25) is 19.6 Å². The Balaban J connectivity index is 1.35. The first-order valence-electron chi connectivity index (χ1n) is 8.99. The van der Waals surface area contributed by atoms with Crippen molar-refractivity contribution in [1.82, 2.24) is 24.6 Å². The number of rotatable bonds is 3. The molecule has 2 aliphatic rings. The molecule has 3 aromatic rings. The maximum Gasteiger partial charge on any atom is 0.254 e. The topological polar surface area (TPSA) is 93.0 Å². The molecule has 1 spiro atoms. The highest BCUT2D eigenvalue weighted by molar-refractivity contribution is 9.10. The summed E-state index contributed by atoms with van der Waals surface area (Å²) in [5.74, 6) is -0.222. The molecule has 1 aromatic carbocycles. The third-order valence-electron chi connectivity index (χ3n) is 5.48. The van der Waals surface area contributed by atoms with Crippen LogP contribution in [0.4, 0.5) is 5.95 Å². The van der Waals surface area contributed by atoms with Crippen molar-refractivity contribution in [3.8, 4) is 0 Å². The van der Waals surface area contributed by atoms with E-state index in [0.717, 1.165) is 28.3 Å². The molecule has 1 aliphatic carbocycles. The third kappa shape index (κ3) is 2.77. The number of amides is 2. The summed E-state index contributed by atoms with van der Waals surface area (Å²) in [7, 11) is 1.78. The highest BCUT2D eigenvalue weighted by Gasteiger charge is 2.51. The summed E-state index contributed by atoms with van der Waals surface area (Å²) >= 11 is 3.49. The SMILES string of the molecule is Cn1ncc2cnc(NC(=O)CN3CC4(CC4)c4cc(Br)ccc4C3=O)nc21. The summed E-state index contributed by atoms with van der Waals surface area (Å²) in [6.07, 6.45) is 5.34. The molecule has 1 N–H and O–H groups in total. The first-order chi connectivity index (χ1) is 13.4. The molecule has 3 heterocycles. The van der Waals surface area contributed by atoms with Crippen molar-refractivity contribution < 1.29 is 9.59 Å². The maximum atomic E-state index is 12.9. The highest BCUT2D eigenvalue weighted by Crippen LogP contribution is 2.52. The molecule has 142 valence electrons. The van der Waals surface area contributed by atoms with Gasteiger partial charge in [0.25, 0.3) is 5.91 Å². The quantitative estimate of drug-likeness (QED) is 0.673. The van der Waals surface area contributed by atoms with Crippen molar-refractivity contribution in [2.75, 3.05) is 18.4 Å². The normalized spacial score (nSPS) is 17.1.